The van der Waals surface area contributed by atoms with Crippen LogP contribution < -0.4 is 10.7 Å². The molecule has 0 amide bonds. The molecule has 2 N–H and O–H groups in total. The van der Waals surface area contributed by atoms with Crippen molar-refractivity contribution in [2.45, 2.75) is 26.3 Å². The summed E-state index contributed by atoms with van der Waals surface area (Å²) in [5.74, 6) is 0.897. The van der Waals surface area contributed by atoms with Crippen molar-refractivity contribution in [1.29, 1.82) is 0 Å². The molecule has 160 valence electrons. The summed E-state index contributed by atoms with van der Waals surface area (Å²) in [4.78, 5) is 17.8. The highest BCUT2D eigenvalue weighted by Crippen LogP contribution is 2.20. The van der Waals surface area contributed by atoms with Crippen LogP contribution in [0.15, 0.2) is 59.8 Å². The van der Waals surface area contributed by atoms with E-state index in [1.54, 1.807) is 36.8 Å². The maximum Gasteiger partial charge on any atom is 0.264 e. The summed E-state index contributed by atoms with van der Waals surface area (Å²) in [6, 6.07) is 12.7. The summed E-state index contributed by atoms with van der Waals surface area (Å²) in [6.45, 7) is 4.05. The Hall–Kier alpha value is -3.37. The van der Waals surface area contributed by atoms with Gasteiger partial charge in [-0.05, 0) is 55.5 Å². The van der Waals surface area contributed by atoms with Gasteiger partial charge in [-0.1, -0.05) is 18.2 Å². The topological polar surface area (TPSA) is 126 Å². The van der Waals surface area contributed by atoms with E-state index in [0.717, 1.165) is 10.9 Å². The van der Waals surface area contributed by atoms with Gasteiger partial charge in [0.2, 0.25) is 10.0 Å². The molecule has 0 spiro atoms. The molecule has 3 heterocycles. The molecule has 31 heavy (non-hydrogen) atoms. The fraction of sp³-hybridized carbons (Fsp3) is 0.238. The molecular weight excluding hydrogens is 416 g/mol. The van der Waals surface area contributed by atoms with Crippen LogP contribution in [0, 0.1) is 0 Å². The lowest BCUT2D eigenvalue weighted by Gasteiger charge is -2.11. The minimum atomic E-state index is -3.58. The summed E-state index contributed by atoms with van der Waals surface area (Å²) in [5.41, 5.74) is 1.09. The van der Waals surface area contributed by atoms with E-state index in [-0.39, 0.29) is 23.8 Å². The Balaban J connectivity index is 1.77. The van der Waals surface area contributed by atoms with Crippen LogP contribution in [0.25, 0.3) is 28.1 Å². The monoisotopic (exact) mass is 438 g/mol. The van der Waals surface area contributed by atoms with Crippen LogP contribution >= 0.6 is 0 Å². The van der Waals surface area contributed by atoms with Crippen molar-refractivity contribution in [3.63, 3.8) is 0 Å². The van der Waals surface area contributed by atoms with Gasteiger partial charge in [0.25, 0.3) is 5.56 Å². The first-order valence-electron chi connectivity index (χ1n) is 9.75. The Bertz CT molecular complexity index is 1420. The molecule has 1 aromatic carbocycles. The molecule has 0 atom stereocenters. The molecule has 0 bridgehead atoms. The third-order valence-electron chi connectivity index (χ3n) is 4.99. The lowest BCUT2D eigenvalue weighted by molar-refractivity contribution is 0.597. The van der Waals surface area contributed by atoms with Gasteiger partial charge < -0.3 is 4.57 Å². The van der Waals surface area contributed by atoms with Gasteiger partial charge in [-0.25, -0.2) is 18.5 Å². The van der Waals surface area contributed by atoms with Crippen molar-refractivity contribution < 1.29 is 8.42 Å². The van der Waals surface area contributed by atoms with Crippen LogP contribution in [0.2, 0.25) is 0 Å². The second-order valence-corrected chi connectivity index (χ2v) is 9.30. The van der Waals surface area contributed by atoms with Gasteiger partial charge in [0.1, 0.15) is 17.8 Å². The van der Waals surface area contributed by atoms with Crippen LogP contribution in [0.3, 0.4) is 0 Å². The van der Waals surface area contributed by atoms with Gasteiger partial charge in [-0.3, -0.25) is 9.36 Å². The maximum atomic E-state index is 13.2. The lowest BCUT2D eigenvalue weighted by atomic mass is 10.1. The van der Waals surface area contributed by atoms with Crippen LogP contribution in [0.4, 0.5) is 0 Å². The molecule has 10 heteroatoms. The Morgan fingerprint density at radius 1 is 1.13 bits per heavy atom. The second-order valence-electron chi connectivity index (χ2n) is 7.57. The quantitative estimate of drug-likeness (QED) is 0.491. The predicted molar refractivity (Wildman–Crippen MR) is 118 cm³/mol. The van der Waals surface area contributed by atoms with Crippen molar-refractivity contribution in [2.75, 3.05) is 5.75 Å². The van der Waals surface area contributed by atoms with Crippen molar-refractivity contribution >= 4 is 20.8 Å². The Labute approximate surface area is 179 Å². The first-order chi connectivity index (χ1) is 14.7. The van der Waals surface area contributed by atoms with Gasteiger partial charge in [-0.15, -0.1) is 10.2 Å². The molecule has 0 aliphatic carbocycles. The molecule has 0 radical (unpaired) electrons. The highest BCUT2D eigenvalue weighted by atomic mass is 32.2. The van der Waals surface area contributed by atoms with E-state index in [4.69, 9.17) is 5.14 Å². The number of aryl methyl sites for hydroxylation is 1. The SMILES string of the molecule is CC(C)n1cnnc1-c1cccc(-n2ccc3ccc(CCS(N)(=O)=O)cc3c2=O)n1. The summed E-state index contributed by atoms with van der Waals surface area (Å²) >= 11 is 0. The molecule has 0 aliphatic rings. The minimum Gasteiger partial charge on any atom is -0.310 e. The first kappa shape index (κ1) is 20.9. The summed E-state index contributed by atoms with van der Waals surface area (Å²) in [5, 5.41) is 14.5. The fourth-order valence-electron chi connectivity index (χ4n) is 3.37. The number of sulfonamides is 1. The highest BCUT2D eigenvalue weighted by Gasteiger charge is 2.13. The van der Waals surface area contributed by atoms with Gasteiger partial charge in [0.15, 0.2) is 5.82 Å². The molecule has 0 fully saturated rings. The number of rotatable bonds is 6. The van der Waals surface area contributed by atoms with E-state index in [1.165, 1.54) is 4.57 Å². The fourth-order valence-corrected chi connectivity index (χ4v) is 3.89. The smallest absolute Gasteiger partial charge is 0.264 e. The number of aromatic nitrogens is 5. The van der Waals surface area contributed by atoms with Crippen LogP contribution in [-0.2, 0) is 16.4 Å². The van der Waals surface area contributed by atoms with E-state index in [9.17, 15) is 13.2 Å². The van der Waals surface area contributed by atoms with Crippen molar-refractivity contribution in [1.82, 2.24) is 24.3 Å². The number of hydrogen-bond acceptors (Lipinski definition) is 6. The molecule has 4 aromatic rings. The van der Waals surface area contributed by atoms with Gasteiger partial charge in [-0.2, -0.15) is 0 Å². The van der Waals surface area contributed by atoms with Crippen molar-refractivity contribution in [2.24, 2.45) is 5.14 Å². The average Bonchev–Trinajstić information content (AvgIpc) is 3.23. The minimum absolute atomic E-state index is 0.162. The van der Waals surface area contributed by atoms with Crippen LogP contribution in [0.5, 0.6) is 0 Å². The summed E-state index contributed by atoms with van der Waals surface area (Å²) in [6.07, 6.45) is 3.56. The molecule has 0 saturated carbocycles. The Morgan fingerprint density at radius 3 is 2.68 bits per heavy atom. The molecule has 0 saturated heterocycles. The van der Waals surface area contributed by atoms with Crippen LogP contribution in [0.1, 0.15) is 25.5 Å². The van der Waals surface area contributed by atoms with Gasteiger partial charge >= 0.3 is 0 Å². The standard InChI is InChI=1S/C21H22N6O3S/c1-14(2)27-13-23-25-20(27)18-4-3-5-19(24-18)26-10-8-16-7-6-15(9-11-31(22,29)30)12-17(16)21(26)28/h3-8,10,12-14H,9,11H2,1-2H3,(H2,22,29,30). The number of fused-ring (bicyclic) bond motifs is 1. The molecule has 0 unspecified atom stereocenters. The zero-order valence-electron chi connectivity index (χ0n) is 17.1. The van der Waals surface area contributed by atoms with E-state index in [0.29, 0.717) is 22.7 Å². The average molecular weight is 439 g/mol. The number of nitrogens with zero attached hydrogens (tertiary/aromatic N) is 5. The van der Waals surface area contributed by atoms with Crippen molar-refractivity contribution in [3.05, 3.63) is 70.9 Å². The van der Waals surface area contributed by atoms with Gasteiger partial charge in [0.05, 0.1) is 5.75 Å². The molecule has 4 rings (SSSR count). The van der Waals surface area contributed by atoms with Crippen LogP contribution in [-0.4, -0.2) is 38.5 Å². The highest BCUT2D eigenvalue weighted by molar-refractivity contribution is 7.89. The lowest BCUT2D eigenvalue weighted by Crippen LogP contribution is -2.20. The Kier molecular flexibility index (Phi) is 5.42. The largest absolute Gasteiger partial charge is 0.310 e. The normalized spacial score (nSPS) is 12.0. The Morgan fingerprint density at radius 2 is 1.94 bits per heavy atom. The number of primary sulfonamides is 1. The zero-order chi connectivity index (χ0) is 22.2. The summed E-state index contributed by atoms with van der Waals surface area (Å²) in [7, 11) is -3.58. The van der Waals surface area contributed by atoms with E-state index >= 15 is 0 Å². The zero-order valence-corrected chi connectivity index (χ0v) is 18.0. The molecule has 3 aromatic heterocycles. The third-order valence-corrected chi connectivity index (χ3v) is 5.76. The molecule has 0 aliphatic heterocycles. The van der Waals surface area contributed by atoms with E-state index < -0.39 is 10.0 Å². The maximum absolute atomic E-state index is 13.2. The molecule has 9 nitrogen and oxygen atoms in total. The first-order valence-corrected chi connectivity index (χ1v) is 11.5. The molecular formula is C21H22N6O3S. The number of pyridine rings is 2. The van der Waals surface area contributed by atoms with Gasteiger partial charge in [0, 0.05) is 17.6 Å². The number of hydrogen-bond donors (Lipinski definition) is 1. The van der Waals surface area contributed by atoms with E-state index in [2.05, 4.69) is 15.2 Å². The van der Waals surface area contributed by atoms with Crippen molar-refractivity contribution in [3.8, 4) is 17.3 Å². The number of benzene rings is 1. The third kappa shape index (κ3) is 4.39. The van der Waals surface area contributed by atoms with E-state index in [1.807, 2.05) is 36.6 Å². The number of nitrogens with two attached hydrogens (primary N) is 1. The summed E-state index contributed by atoms with van der Waals surface area (Å²) < 4.78 is 25.9. The predicted octanol–water partition coefficient (Wildman–Crippen LogP) is 2.06. The second kappa shape index (κ2) is 8.05.